The minimum atomic E-state index is -0.981. The van der Waals surface area contributed by atoms with Crippen LogP contribution in [0.2, 0.25) is 0 Å². The number of fused-ring (bicyclic) bond motifs is 5. The maximum absolute atomic E-state index is 14.5. The number of carbonyl (C=O) groups excluding carboxylic acids is 7. The number of rotatable bonds is 13. The van der Waals surface area contributed by atoms with Gasteiger partial charge in [-0.05, 0) is 172 Å². The smallest absolute Gasteiger partial charge is 0.512 e. The number of amides is 5. The van der Waals surface area contributed by atoms with Crippen LogP contribution in [0.3, 0.4) is 0 Å². The van der Waals surface area contributed by atoms with E-state index in [1.54, 1.807) is 25.1 Å². The number of nitro benzene ring substituents is 1. The number of carbonyl (C=O) groups is 7. The molecule has 0 spiro atoms. The van der Waals surface area contributed by atoms with Gasteiger partial charge in [-0.15, -0.1) is 0 Å². The SMILES string of the molecule is C.C.COC(=O)c1cc(F)ccc1Br.COC(=O)c1cc(F)ccc1C#N.COc1c(C)c(=O)c1=O.COc1c(Nc2c(F)ccc3c2C(=O)NC3)c(=O)c1=O.Cc1ccc([C@H](N)C(C)(C)C)o1.Cc1ccc([C@H](Nc2c(Nc3c(F)ccc4c3C(=O)NC4)c(=O)c2=O)C(C)(C)C)o1.Nc1c(F)ccc2c1C(=O)NC2.O=C1NCc2ccc(F)c([N+](=O)[O-])c21.O=C1NCc2ccc(F)cc21.[C-]#N.[Cu+]. The first-order valence-electron chi connectivity index (χ1n) is 39.7. The van der Waals surface area contributed by atoms with Crippen molar-refractivity contribution in [1.82, 2.24) is 26.6 Å². The van der Waals surface area contributed by atoms with Crippen LogP contribution in [0.25, 0.3) is 0 Å². The minimum absolute atomic E-state index is 0. The van der Waals surface area contributed by atoms with Crippen molar-refractivity contribution in [3.8, 4) is 17.6 Å². The van der Waals surface area contributed by atoms with E-state index in [2.05, 4.69) is 93.4 Å². The predicted molar refractivity (Wildman–Crippen MR) is 493 cm³/mol. The van der Waals surface area contributed by atoms with Crippen molar-refractivity contribution >= 4 is 97.2 Å². The van der Waals surface area contributed by atoms with E-state index >= 15 is 0 Å². The van der Waals surface area contributed by atoms with Gasteiger partial charge in [0.1, 0.15) is 86.6 Å². The molecular formula is C95H92BrCuF7N13O21. The molecule has 10 aromatic carbocycles. The number of hydrogen-bond acceptors (Lipinski definition) is 28. The summed E-state index contributed by atoms with van der Waals surface area (Å²) in [7, 11) is 5.04. The summed E-state index contributed by atoms with van der Waals surface area (Å²) in [6.45, 7) is 24.1. The van der Waals surface area contributed by atoms with Crippen molar-refractivity contribution in [3.63, 3.8) is 0 Å². The molecule has 2 atom stereocenters. The summed E-state index contributed by atoms with van der Waals surface area (Å²) in [6, 6.07) is 30.9. The van der Waals surface area contributed by atoms with Gasteiger partial charge < -0.3 is 93.6 Å². The number of halogens is 8. The Morgan fingerprint density at radius 2 is 0.877 bits per heavy atom. The van der Waals surface area contributed by atoms with Crippen molar-refractivity contribution in [2.45, 2.75) is 122 Å². The third-order valence-electron chi connectivity index (χ3n) is 20.4. The molecule has 0 bridgehead atoms. The first kappa shape index (κ1) is 113. The molecule has 0 radical (unpaired) electrons. The largest absolute Gasteiger partial charge is 1.00 e. The fraction of sp³-hybridized carbons (Fsp3) is 0.253. The fourth-order valence-electron chi connectivity index (χ4n) is 13.3. The number of nitrogens with two attached hydrogens (primary N) is 2. The van der Waals surface area contributed by atoms with Crippen LogP contribution < -0.4 is 96.0 Å². The van der Waals surface area contributed by atoms with E-state index in [0.29, 0.717) is 57.7 Å². The number of methoxy groups -OCH3 is 4. The standard InChI is InChI=1S/C22H22FN3O4.C13H9FN2O4.C10H17NO.C9H6FNO2.C8H6BrFO2.C8H5FN2O3.C8H7FN2O.C8H6FNO.C6H6O3.CN.2CH4.Cu/c1-10-5-8-13(30-10)20(22(2,3)4)26-17-16(18(27)19(17)28)25-15-12(23)7-6-11-9-24-21(29)14(11)15;1-20-12-9(10(17)11(12)18)16-8-6(14)3-2-5-4-15-13(19)7(5)8;1-7-5-6-8(12-7)9(11)10(2,3)4;1-13-9(12)8-4-7(10)3-2-6(8)5-11;1-12-8(11)6-4-5(10)2-3-7(6)9;9-5-2-1-4-3-10-8(12)6(4)7(5)11(13)14;9-5-2-1-4-3-11-8(12)6(4)7(5)10;9-6-2-1-5-4-10-8(11)7(5)3-6;1-3-4(7)5(8)6(3)9-2;1-2;;;/h5-8,20,25-26H,9H2,1-4H3,(H,24,29);2-3,16H,4H2,1H3,(H,15,19);5-6,9H,11H2,1-4H3;2-4H,1H3;2-4H,1H3;1-2H,3H2,(H,10,12);1-2H,3,10H2,(H,11,12);1-3H,4H2,(H,10,11);1-2H3;;2*1H4;/q;;;;;;;;;-1;;;+1/t20-;;9-;;;;;;;;;;/m0.0........../s1. The maximum Gasteiger partial charge on any atom is 1.00 e. The first-order chi connectivity index (χ1) is 63.6. The molecule has 0 fully saturated rings. The Balaban J connectivity index is 0.000000280. The van der Waals surface area contributed by atoms with E-state index in [1.807, 2.05) is 58.9 Å². The number of esters is 2. The summed E-state index contributed by atoms with van der Waals surface area (Å²) >= 11 is 3.10. The fourth-order valence-corrected chi connectivity index (χ4v) is 13.7. The number of anilines is 6. The van der Waals surface area contributed by atoms with Crippen LogP contribution in [0.15, 0.2) is 169 Å². The first-order valence-corrected chi connectivity index (χ1v) is 40.5. The molecule has 12 N–H and O–H groups in total. The molecule has 0 aliphatic carbocycles. The third-order valence-corrected chi connectivity index (χ3v) is 21.1. The van der Waals surface area contributed by atoms with Crippen LogP contribution in [0.1, 0.15) is 203 Å². The number of nitrogens with one attached hydrogen (secondary N) is 8. The molecule has 0 unspecified atom stereocenters. The van der Waals surface area contributed by atoms with Gasteiger partial charge in [0, 0.05) is 48.3 Å². The van der Waals surface area contributed by atoms with Crippen molar-refractivity contribution in [1.29, 1.82) is 10.5 Å². The summed E-state index contributed by atoms with van der Waals surface area (Å²) in [4.78, 5) is 157. The number of nitriles is 1. The predicted octanol–water partition coefficient (Wildman–Crippen LogP) is 14.1. The van der Waals surface area contributed by atoms with Crippen molar-refractivity contribution in [2.24, 2.45) is 16.6 Å². The summed E-state index contributed by atoms with van der Waals surface area (Å²) in [5.74, 6) is -4.29. The average molecular weight is 2030 g/mol. The molecule has 34 nitrogen and oxygen atoms in total. The molecule has 17 rings (SSSR count). The molecule has 138 heavy (non-hydrogen) atoms. The topological polar surface area (TPSA) is 524 Å². The Morgan fingerprint density at radius 3 is 1.33 bits per heavy atom. The van der Waals surface area contributed by atoms with Gasteiger partial charge in [0.2, 0.25) is 11.2 Å². The van der Waals surface area contributed by atoms with Crippen LogP contribution in [0, 0.1) is 106 Å². The zero-order valence-electron chi connectivity index (χ0n) is 74.2. The molecule has 43 heteroatoms. The van der Waals surface area contributed by atoms with Crippen LogP contribution in [-0.2, 0) is 59.3 Å². The van der Waals surface area contributed by atoms with Crippen molar-refractivity contribution in [2.75, 3.05) is 50.1 Å². The van der Waals surface area contributed by atoms with Gasteiger partial charge in [0.05, 0.1) is 95.9 Å². The van der Waals surface area contributed by atoms with Crippen LogP contribution in [0.5, 0.6) is 11.5 Å². The maximum atomic E-state index is 14.5. The number of benzene rings is 7. The summed E-state index contributed by atoms with van der Waals surface area (Å²) in [5, 5.41) is 46.4. The zero-order valence-corrected chi connectivity index (χ0v) is 76.7. The third kappa shape index (κ3) is 26.1. The van der Waals surface area contributed by atoms with Gasteiger partial charge in [-0.25, -0.2) is 35.9 Å². The van der Waals surface area contributed by atoms with E-state index in [0.717, 1.165) is 52.7 Å². The van der Waals surface area contributed by atoms with Gasteiger partial charge in [0.25, 0.3) is 56.7 Å². The van der Waals surface area contributed by atoms with Crippen LogP contribution in [-0.4, -0.2) is 74.8 Å². The molecule has 5 aliphatic rings. The van der Waals surface area contributed by atoms with E-state index in [9.17, 15) is 103 Å². The number of aryl methyl sites for hydroxylation is 2. The minimum Gasteiger partial charge on any atom is -0.512 e. The van der Waals surface area contributed by atoms with Gasteiger partial charge in [-0.1, -0.05) is 86.7 Å². The second-order valence-electron chi connectivity index (χ2n) is 31.4. The normalized spacial score (nSPS) is 12.5. The molecule has 2 aromatic heterocycles. The number of ether oxygens (including phenoxy) is 4. The van der Waals surface area contributed by atoms with Crippen molar-refractivity contribution < 1.29 is 114 Å². The number of furan rings is 2. The molecule has 7 heterocycles. The number of nitro groups is 1. The number of nitrogen functional groups attached to an aromatic ring is 1. The zero-order chi connectivity index (χ0) is 100. The Hall–Kier alpha value is -15.7. The van der Waals surface area contributed by atoms with Gasteiger partial charge >= 0.3 is 34.7 Å². The van der Waals surface area contributed by atoms with Gasteiger partial charge in [-0.2, -0.15) is 9.65 Å². The Morgan fingerprint density at radius 1 is 0.486 bits per heavy atom. The number of nitrogens with zero attached hydrogens (tertiary/aromatic N) is 3. The summed E-state index contributed by atoms with van der Waals surface area (Å²) in [6.07, 6.45) is 0. The molecule has 5 amide bonds. The monoisotopic (exact) mass is 2030 g/mol. The molecule has 12 aromatic rings. The van der Waals surface area contributed by atoms with E-state index in [4.69, 9.17) is 42.1 Å². The van der Waals surface area contributed by atoms with E-state index in [1.165, 1.54) is 95.2 Å². The molecule has 0 saturated carbocycles. The van der Waals surface area contributed by atoms with E-state index < -0.39 is 114 Å². The Bertz CT molecular complexity index is 6930. The van der Waals surface area contributed by atoms with Crippen LogP contribution >= 0.6 is 15.9 Å². The second kappa shape index (κ2) is 48.5. The van der Waals surface area contributed by atoms with Gasteiger partial charge in [-0.3, -0.25) is 62.9 Å². The Labute approximate surface area is 801 Å². The van der Waals surface area contributed by atoms with Gasteiger partial charge in [0.15, 0.2) is 11.5 Å². The second-order valence-corrected chi connectivity index (χ2v) is 32.3. The number of hydrogen-bond donors (Lipinski definition) is 10. The quantitative estimate of drug-likeness (QED) is 0.00749. The van der Waals surface area contributed by atoms with Crippen LogP contribution in [0.4, 0.5) is 70.5 Å². The Kier molecular flexibility index (Phi) is 39.6. The average Bonchev–Trinajstić information content (AvgIpc) is 1.37. The summed E-state index contributed by atoms with van der Waals surface area (Å²) < 4.78 is 122. The van der Waals surface area contributed by atoms with E-state index in [-0.39, 0.29) is 164 Å². The molecule has 5 aliphatic heterocycles. The molecular weight excluding hydrogens is 1940 g/mol. The molecule has 0 saturated heterocycles. The summed E-state index contributed by atoms with van der Waals surface area (Å²) in [5.41, 5.74) is 10.8. The van der Waals surface area contributed by atoms with Crippen molar-refractivity contribution in [3.05, 3.63) is 352 Å². The molecule has 730 valence electrons.